The molecule has 0 amide bonds. The van der Waals surface area contributed by atoms with E-state index in [4.69, 9.17) is 4.74 Å². The fourth-order valence-electron chi connectivity index (χ4n) is 4.84. The lowest BCUT2D eigenvalue weighted by Crippen LogP contribution is -2.42. The Labute approximate surface area is 216 Å². The topological polar surface area (TPSA) is 45.6 Å². The summed E-state index contributed by atoms with van der Waals surface area (Å²) in [5.41, 5.74) is -0.0251. The summed E-state index contributed by atoms with van der Waals surface area (Å²) in [4.78, 5) is 6.54. The van der Waals surface area contributed by atoms with Crippen LogP contribution in [0.25, 0.3) is 10.9 Å². The number of methoxy groups -OCH3 is 1. The second-order valence-corrected chi connectivity index (χ2v) is 10.6. The number of hydrogen-bond donors (Lipinski definition) is 1. The van der Waals surface area contributed by atoms with Crippen molar-refractivity contribution in [2.45, 2.75) is 36.8 Å². The molecule has 1 saturated heterocycles. The van der Waals surface area contributed by atoms with Crippen LogP contribution in [0.5, 0.6) is 5.75 Å². The fourth-order valence-corrected chi connectivity index (χ4v) is 5.80. The third kappa shape index (κ3) is 6.35. The van der Waals surface area contributed by atoms with Crippen molar-refractivity contribution in [3.63, 3.8) is 0 Å². The summed E-state index contributed by atoms with van der Waals surface area (Å²) in [5, 5.41) is 10.5. The molecule has 1 aliphatic heterocycles. The molecule has 0 bridgehead atoms. The molecular formula is C27H29F5N2O2S. The smallest absolute Gasteiger partial charge is 0.194 e. The SMILES string of the molecule is COc1ccc2ncc(F)c([C@@H](F)CCC3(CO)CCN(CCSc4cc(F)c(F)c(F)c4)CC3)c2c1. The zero-order valence-corrected chi connectivity index (χ0v) is 21.3. The van der Waals surface area contributed by atoms with Crippen LogP contribution >= 0.6 is 11.8 Å². The lowest BCUT2D eigenvalue weighted by atomic mass is 9.74. The van der Waals surface area contributed by atoms with Gasteiger partial charge in [0.25, 0.3) is 0 Å². The van der Waals surface area contributed by atoms with Gasteiger partial charge in [-0.25, -0.2) is 22.0 Å². The Morgan fingerprint density at radius 3 is 2.43 bits per heavy atom. The molecule has 3 aromatic rings. The van der Waals surface area contributed by atoms with E-state index in [1.165, 1.54) is 18.9 Å². The van der Waals surface area contributed by atoms with Gasteiger partial charge in [0.05, 0.1) is 18.8 Å². The average Bonchev–Trinajstić information content (AvgIpc) is 2.90. The van der Waals surface area contributed by atoms with Crippen LogP contribution in [-0.2, 0) is 0 Å². The van der Waals surface area contributed by atoms with Gasteiger partial charge in [-0.05, 0) is 74.5 Å². The van der Waals surface area contributed by atoms with Crippen molar-refractivity contribution in [1.82, 2.24) is 9.88 Å². The summed E-state index contributed by atoms with van der Waals surface area (Å²) < 4.78 is 75.2. The van der Waals surface area contributed by atoms with E-state index in [2.05, 4.69) is 9.88 Å². The summed E-state index contributed by atoms with van der Waals surface area (Å²) in [6, 6.07) is 6.90. The highest BCUT2D eigenvalue weighted by molar-refractivity contribution is 7.99. The summed E-state index contributed by atoms with van der Waals surface area (Å²) in [6.45, 7) is 1.90. The lowest BCUT2D eigenvalue weighted by molar-refractivity contribution is 0.0321. The first kappa shape index (κ1) is 27.6. The zero-order chi connectivity index (χ0) is 26.6. The fraction of sp³-hybridized carbons (Fsp3) is 0.444. The van der Waals surface area contributed by atoms with E-state index in [1.807, 2.05) is 0 Å². The van der Waals surface area contributed by atoms with Gasteiger partial charge in [0, 0.05) is 34.7 Å². The number of hydrogen-bond acceptors (Lipinski definition) is 5. The number of fused-ring (bicyclic) bond motifs is 1. The van der Waals surface area contributed by atoms with Crippen molar-refractivity contribution in [2.24, 2.45) is 5.41 Å². The van der Waals surface area contributed by atoms with E-state index in [9.17, 15) is 22.7 Å². The number of thioether (sulfide) groups is 1. The van der Waals surface area contributed by atoms with Crippen molar-refractivity contribution < 1.29 is 31.8 Å². The lowest BCUT2D eigenvalue weighted by Gasteiger charge is -2.41. The van der Waals surface area contributed by atoms with E-state index in [1.54, 1.807) is 18.2 Å². The summed E-state index contributed by atoms with van der Waals surface area (Å²) in [5.74, 6) is -3.56. The Kier molecular flexibility index (Phi) is 8.92. The van der Waals surface area contributed by atoms with Crippen LogP contribution < -0.4 is 4.74 Å². The molecule has 1 aromatic heterocycles. The van der Waals surface area contributed by atoms with Crippen LogP contribution in [-0.4, -0.2) is 54.1 Å². The molecule has 1 fully saturated rings. The second kappa shape index (κ2) is 12.0. The van der Waals surface area contributed by atoms with E-state index >= 15 is 4.39 Å². The molecule has 37 heavy (non-hydrogen) atoms. The number of aliphatic hydroxyl groups excluding tert-OH is 1. The highest BCUT2D eigenvalue weighted by Gasteiger charge is 2.35. The van der Waals surface area contributed by atoms with Gasteiger partial charge in [-0.1, -0.05) is 0 Å². The first-order chi connectivity index (χ1) is 17.7. The number of likely N-dealkylation sites (tertiary alicyclic amines) is 1. The predicted octanol–water partition coefficient (Wildman–Crippen LogP) is 6.46. The number of alkyl halides is 1. The number of aromatic nitrogens is 1. The van der Waals surface area contributed by atoms with E-state index in [-0.39, 0.29) is 18.6 Å². The predicted molar refractivity (Wildman–Crippen MR) is 134 cm³/mol. The van der Waals surface area contributed by atoms with Crippen LogP contribution in [0.1, 0.15) is 37.4 Å². The Morgan fingerprint density at radius 2 is 1.78 bits per heavy atom. The molecule has 0 spiro atoms. The molecule has 2 aromatic carbocycles. The minimum atomic E-state index is -1.56. The van der Waals surface area contributed by atoms with Gasteiger partial charge in [0.15, 0.2) is 17.5 Å². The number of ether oxygens (including phenoxy) is 1. The van der Waals surface area contributed by atoms with Crippen molar-refractivity contribution >= 4 is 22.7 Å². The molecular weight excluding hydrogens is 511 g/mol. The van der Waals surface area contributed by atoms with E-state index < -0.39 is 34.9 Å². The molecule has 1 atom stereocenters. The summed E-state index contributed by atoms with van der Waals surface area (Å²) in [6.07, 6.45) is 1.22. The molecule has 1 aliphatic rings. The molecule has 1 N–H and O–H groups in total. The minimum absolute atomic E-state index is 0.0416. The van der Waals surface area contributed by atoms with Gasteiger partial charge in [-0.2, -0.15) is 0 Å². The molecule has 10 heteroatoms. The first-order valence-corrected chi connectivity index (χ1v) is 13.1. The van der Waals surface area contributed by atoms with Crippen molar-refractivity contribution in [2.75, 3.05) is 39.1 Å². The standard InChI is InChI=1S/C27H29F5N2O2S/c1-36-17-2-3-24-19(12-17)25(23(31)15-33-24)20(28)4-5-27(16-35)6-8-34(9-7-27)10-11-37-18-13-21(29)26(32)22(30)14-18/h2-3,12-15,20,35H,4-11,16H2,1H3/t20-/m0/s1. The second-order valence-electron chi connectivity index (χ2n) is 9.46. The molecule has 0 saturated carbocycles. The monoisotopic (exact) mass is 540 g/mol. The van der Waals surface area contributed by atoms with Crippen LogP contribution in [0.4, 0.5) is 22.0 Å². The molecule has 0 radical (unpaired) electrons. The Bertz CT molecular complexity index is 1210. The molecule has 2 heterocycles. The van der Waals surface area contributed by atoms with Crippen molar-refractivity contribution in [3.05, 3.63) is 65.4 Å². The number of piperidine rings is 1. The summed E-state index contributed by atoms with van der Waals surface area (Å²) in [7, 11) is 1.49. The molecule has 4 nitrogen and oxygen atoms in total. The average molecular weight is 541 g/mol. The maximum Gasteiger partial charge on any atom is 0.194 e. The number of aliphatic hydroxyl groups is 1. The van der Waals surface area contributed by atoms with Crippen LogP contribution in [0.15, 0.2) is 41.4 Å². The van der Waals surface area contributed by atoms with Crippen LogP contribution in [0.3, 0.4) is 0 Å². The Hall–Kier alpha value is -2.43. The van der Waals surface area contributed by atoms with Crippen LogP contribution in [0.2, 0.25) is 0 Å². The molecule has 200 valence electrons. The van der Waals surface area contributed by atoms with Crippen molar-refractivity contribution in [3.8, 4) is 5.75 Å². The third-order valence-corrected chi connectivity index (χ3v) is 8.15. The van der Waals surface area contributed by atoms with Crippen LogP contribution in [0, 0.1) is 28.7 Å². The maximum atomic E-state index is 15.4. The number of pyridine rings is 1. The molecule has 0 aliphatic carbocycles. The van der Waals surface area contributed by atoms with Gasteiger partial charge < -0.3 is 14.7 Å². The van der Waals surface area contributed by atoms with Gasteiger partial charge >= 0.3 is 0 Å². The largest absolute Gasteiger partial charge is 0.497 e. The number of halogens is 5. The van der Waals surface area contributed by atoms with Gasteiger partial charge in [0.1, 0.15) is 17.7 Å². The van der Waals surface area contributed by atoms with Crippen molar-refractivity contribution in [1.29, 1.82) is 0 Å². The van der Waals surface area contributed by atoms with E-state index in [0.29, 0.717) is 66.2 Å². The molecule has 0 unspecified atom stereocenters. The Balaban J connectivity index is 1.32. The molecule has 4 rings (SSSR count). The highest BCUT2D eigenvalue weighted by atomic mass is 32.2. The van der Waals surface area contributed by atoms with Gasteiger partial charge in [-0.15, -0.1) is 11.8 Å². The zero-order valence-electron chi connectivity index (χ0n) is 20.5. The van der Waals surface area contributed by atoms with Gasteiger partial charge in [-0.3, -0.25) is 4.98 Å². The number of rotatable bonds is 10. The Morgan fingerprint density at radius 1 is 1.08 bits per heavy atom. The summed E-state index contributed by atoms with van der Waals surface area (Å²) >= 11 is 1.24. The minimum Gasteiger partial charge on any atom is -0.497 e. The number of benzene rings is 2. The highest BCUT2D eigenvalue weighted by Crippen LogP contribution is 2.41. The number of nitrogens with zero attached hydrogens (tertiary/aromatic N) is 2. The first-order valence-electron chi connectivity index (χ1n) is 12.1. The van der Waals surface area contributed by atoms with Gasteiger partial charge in [0.2, 0.25) is 0 Å². The van der Waals surface area contributed by atoms with E-state index in [0.717, 1.165) is 18.3 Å². The normalized spacial score (nSPS) is 16.7. The maximum absolute atomic E-state index is 15.4. The third-order valence-electron chi connectivity index (χ3n) is 7.20. The quantitative estimate of drug-likeness (QED) is 0.182.